The summed E-state index contributed by atoms with van der Waals surface area (Å²) in [5.74, 6) is 0.917. The third-order valence-electron chi connectivity index (χ3n) is 3.76. The van der Waals surface area contributed by atoms with E-state index < -0.39 is 9.84 Å². The summed E-state index contributed by atoms with van der Waals surface area (Å²) >= 11 is 5.52. The quantitative estimate of drug-likeness (QED) is 0.833. The van der Waals surface area contributed by atoms with Crippen LogP contribution in [0.15, 0.2) is 30.3 Å². The lowest BCUT2D eigenvalue weighted by Gasteiger charge is -2.32. The predicted molar refractivity (Wildman–Crippen MR) is 94.5 cm³/mol. The summed E-state index contributed by atoms with van der Waals surface area (Å²) in [5.41, 5.74) is 1.16. The van der Waals surface area contributed by atoms with Crippen molar-refractivity contribution in [3.63, 3.8) is 0 Å². The molecule has 22 heavy (non-hydrogen) atoms. The molecule has 1 heterocycles. The molecule has 1 fully saturated rings. The fourth-order valence-electron chi connectivity index (χ4n) is 2.69. The Hall–Kier alpha value is -1.14. The van der Waals surface area contributed by atoms with Crippen LogP contribution in [0.2, 0.25) is 0 Å². The molecule has 1 aliphatic rings. The maximum atomic E-state index is 11.7. The minimum Gasteiger partial charge on any atom is -0.358 e. The van der Waals surface area contributed by atoms with Gasteiger partial charge in [0.05, 0.1) is 11.5 Å². The maximum absolute atomic E-state index is 11.7. The fraction of sp³-hybridized carbons (Fsp3) is 0.562. The minimum absolute atomic E-state index is 0.00294. The van der Waals surface area contributed by atoms with Gasteiger partial charge in [-0.25, -0.2) is 8.42 Å². The highest BCUT2D eigenvalue weighted by atomic mass is 32.2. The highest BCUT2D eigenvalue weighted by molar-refractivity contribution is 7.91. The number of nitrogens with zero attached hydrogens (tertiary/aromatic N) is 1. The van der Waals surface area contributed by atoms with E-state index in [9.17, 15) is 8.42 Å². The van der Waals surface area contributed by atoms with Crippen LogP contribution in [0.4, 0.5) is 0 Å². The molecule has 0 unspecified atom stereocenters. The molecule has 1 N–H and O–H groups in total. The number of benzene rings is 1. The average Bonchev–Trinajstić information content (AvgIpc) is 2.83. The number of sulfone groups is 1. The molecule has 2 rings (SSSR count). The van der Waals surface area contributed by atoms with E-state index in [0.29, 0.717) is 24.0 Å². The smallest absolute Gasteiger partial charge is 0.169 e. The summed E-state index contributed by atoms with van der Waals surface area (Å²) in [6, 6.07) is 10.1. The molecule has 1 aliphatic heterocycles. The Balaban J connectivity index is 2.00. The Morgan fingerprint density at radius 1 is 1.36 bits per heavy atom. The van der Waals surface area contributed by atoms with E-state index in [1.54, 1.807) is 0 Å². The third-order valence-corrected chi connectivity index (χ3v) is 5.89. The predicted octanol–water partition coefficient (Wildman–Crippen LogP) is 2.21. The largest absolute Gasteiger partial charge is 0.358 e. The normalized spacial score (nSPS) is 20.0. The van der Waals surface area contributed by atoms with Gasteiger partial charge in [0.1, 0.15) is 0 Å². The summed E-state index contributed by atoms with van der Waals surface area (Å²) < 4.78 is 23.5. The van der Waals surface area contributed by atoms with Gasteiger partial charge in [-0.15, -0.1) is 0 Å². The summed E-state index contributed by atoms with van der Waals surface area (Å²) in [7, 11) is -2.91. The van der Waals surface area contributed by atoms with Crippen molar-refractivity contribution in [2.45, 2.75) is 32.9 Å². The Morgan fingerprint density at radius 2 is 2.05 bits per heavy atom. The zero-order valence-electron chi connectivity index (χ0n) is 13.2. The van der Waals surface area contributed by atoms with Crippen LogP contribution in [0.1, 0.15) is 25.8 Å². The van der Waals surface area contributed by atoms with Gasteiger partial charge in [-0.3, -0.25) is 0 Å². The lowest BCUT2D eigenvalue weighted by atomic mass is 10.1. The first-order valence-corrected chi connectivity index (χ1v) is 9.89. The van der Waals surface area contributed by atoms with E-state index in [2.05, 4.69) is 24.1 Å². The standard InChI is InChI=1S/C16H24N2O2S2/c1-13(2)11-18(15-8-9-22(19,20)12-15)16(21)17-10-14-6-4-3-5-7-14/h3-7,13,15H,8-12H2,1-2H3,(H,17,21)/t15-/m1/s1. The van der Waals surface area contributed by atoms with Gasteiger partial charge < -0.3 is 10.2 Å². The lowest BCUT2D eigenvalue weighted by Crippen LogP contribution is -2.48. The second kappa shape index (κ2) is 7.42. The van der Waals surface area contributed by atoms with Gasteiger partial charge in [-0.2, -0.15) is 0 Å². The van der Waals surface area contributed by atoms with Crippen LogP contribution in [0.3, 0.4) is 0 Å². The fourth-order valence-corrected chi connectivity index (χ4v) is 4.71. The first-order valence-electron chi connectivity index (χ1n) is 7.66. The van der Waals surface area contributed by atoms with Gasteiger partial charge >= 0.3 is 0 Å². The minimum atomic E-state index is -2.91. The molecule has 6 heteroatoms. The van der Waals surface area contributed by atoms with Crippen LogP contribution in [0.5, 0.6) is 0 Å². The first-order chi connectivity index (χ1) is 10.4. The monoisotopic (exact) mass is 340 g/mol. The van der Waals surface area contributed by atoms with Crippen molar-refractivity contribution < 1.29 is 8.42 Å². The van der Waals surface area contributed by atoms with Crippen molar-refractivity contribution in [3.05, 3.63) is 35.9 Å². The first kappa shape index (κ1) is 17.2. The Labute approximate surface area is 138 Å². The molecule has 1 atom stereocenters. The molecular formula is C16H24N2O2S2. The zero-order valence-corrected chi connectivity index (χ0v) is 14.8. The van der Waals surface area contributed by atoms with Crippen LogP contribution in [0, 0.1) is 5.92 Å². The molecule has 4 nitrogen and oxygen atoms in total. The number of hydrogen-bond acceptors (Lipinski definition) is 3. The number of thiocarbonyl (C=S) groups is 1. The van der Waals surface area contributed by atoms with Crippen molar-refractivity contribution in [3.8, 4) is 0 Å². The molecule has 0 radical (unpaired) electrons. The van der Waals surface area contributed by atoms with E-state index in [1.807, 2.05) is 30.3 Å². The van der Waals surface area contributed by atoms with Gasteiger partial charge in [0.2, 0.25) is 0 Å². The third kappa shape index (κ3) is 4.95. The van der Waals surface area contributed by atoms with Gasteiger partial charge in [-0.05, 0) is 30.1 Å². The van der Waals surface area contributed by atoms with Crippen LogP contribution >= 0.6 is 12.2 Å². The molecule has 0 bridgehead atoms. The molecular weight excluding hydrogens is 316 g/mol. The molecule has 0 aromatic heterocycles. The molecule has 0 spiro atoms. The van der Waals surface area contributed by atoms with Gasteiger partial charge in [0.25, 0.3) is 0 Å². The van der Waals surface area contributed by atoms with Gasteiger partial charge in [-0.1, -0.05) is 44.2 Å². The Morgan fingerprint density at radius 3 is 2.59 bits per heavy atom. The van der Waals surface area contributed by atoms with Crippen molar-refractivity contribution in [1.29, 1.82) is 0 Å². The molecule has 0 aliphatic carbocycles. The topological polar surface area (TPSA) is 49.4 Å². The lowest BCUT2D eigenvalue weighted by molar-refractivity contribution is 0.295. The molecule has 122 valence electrons. The van der Waals surface area contributed by atoms with Crippen LogP contribution in [-0.4, -0.2) is 42.5 Å². The zero-order chi connectivity index (χ0) is 16.2. The molecule has 0 amide bonds. The van der Waals surface area contributed by atoms with Crippen molar-refractivity contribution in [1.82, 2.24) is 10.2 Å². The van der Waals surface area contributed by atoms with Crippen molar-refractivity contribution >= 4 is 27.2 Å². The van der Waals surface area contributed by atoms with E-state index in [-0.39, 0.29) is 17.5 Å². The molecule has 1 saturated heterocycles. The van der Waals surface area contributed by atoms with E-state index in [1.165, 1.54) is 0 Å². The summed E-state index contributed by atoms with van der Waals surface area (Å²) in [6.07, 6.45) is 0.669. The average molecular weight is 341 g/mol. The highest BCUT2D eigenvalue weighted by Crippen LogP contribution is 2.19. The van der Waals surface area contributed by atoms with E-state index >= 15 is 0 Å². The molecule has 1 aromatic rings. The summed E-state index contributed by atoms with van der Waals surface area (Å²) in [5, 5.41) is 3.92. The number of rotatable bonds is 5. The second-order valence-electron chi connectivity index (χ2n) is 6.25. The second-order valence-corrected chi connectivity index (χ2v) is 8.86. The number of nitrogens with one attached hydrogen (secondary N) is 1. The Bertz CT molecular complexity index is 600. The van der Waals surface area contributed by atoms with E-state index in [4.69, 9.17) is 12.2 Å². The highest BCUT2D eigenvalue weighted by Gasteiger charge is 2.33. The summed E-state index contributed by atoms with van der Waals surface area (Å²) in [6.45, 7) is 5.68. The molecule has 1 aromatic carbocycles. The molecule has 0 saturated carbocycles. The van der Waals surface area contributed by atoms with Gasteiger partial charge in [0.15, 0.2) is 14.9 Å². The van der Waals surface area contributed by atoms with Crippen LogP contribution in [-0.2, 0) is 16.4 Å². The SMILES string of the molecule is CC(C)CN(C(=S)NCc1ccccc1)[C@@H]1CCS(=O)(=O)C1. The van der Waals surface area contributed by atoms with Crippen LogP contribution < -0.4 is 5.32 Å². The Kier molecular flexibility index (Phi) is 5.81. The number of hydrogen-bond donors (Lipinski definition) is 1. The van der Waals surface area contributed by atoms with Gasteiger partial charge in [0, 0.05) is 19.1 Å². The van der Waals surface area contributed by atoms with E-state index in [0.717, 1.165) is 12.1 Å². The van der Waals surface area contributed by atoms with Crippen molar-refractivity contribution in [2.24, 2.45) is 5.92 Å². The maximum Gasteiger partial charge on any atom is 0.169 e. The summed E-state index contributed by atoms with van der Waals surface area (Å²) in [4.78, 5) is 2.06. The van der Waals surface area contributed by atoms with Crippen molar-refractivity contribution in [2.75, 3.05) is 18.1 Å². The van der Waals surface area contributed by atoms with Crippen LogP contribution in [0.25, 0.3) is 0 Å².